The smallest absolute Gasteiger partial charge is 0.253 e. The number of aryl methyl sites for hydroxylation is 1. The van der Waals surface area contributed by atoms with Gasteiger partial charge in [0.15, 0.2) is 0 Å². The molecule has 2 aromatic heterocycles. The molecule has 0 aromatic carbocycles. The molecule has 0 radical (unpaired) electrons. The number of rotatable bonds is 3. The molecular formula is C14H16N2OS. The van der Waals surface area contributed by atoms with Gasteiger partial charge in [-0.25, -0.2) is 0 Å². The molecular weight excluding hydrogens is 244 g/mol. The summed E-state index contributed by atoms with van der Waals surface area (Å²) >= 11 is 1.65. The minimum absolute atomic E-state index is 0.0623. The zero-order valence-corrected chi connectivity index (χ0v) is 11.5. The van der Waals surface area contributed by atoms with Gasteiger partial charge in [0, 0.05) is 6.04 Å². The largest absolute Gasteiger partial charge is 0.350 e. The number of pyridine rings is 1. The highest BCUT2D eigenvalue weighted by Crippen LogP contribution is 2.23. The third kappa shape index (κ3) is 2.76. The van der Waals surface area contributed by atoms with Crippen LogP contribution in [0, 0.1) is 6.92 Å². The van der Waals surface area contributed by atoms with Crippen molar-refractivity contribution in [3.63, 3.8) is 0 Å². The lowest BCUT2D eigenvalue weighted by Gasteiger charge is -2.10. The molecule has 18 heavy (non-hydrogen) atoms. The maximum absolute atomic E-state index is 11.9. The number of aromatic nitrogens is 1. The van der Waals surface area contributed by atoms with Gasteiger partial charge >= 0.3 is 0 Å². The third-order valence-electron chi connectivity index (χ3n) is 2.52. The Kier molecular flexibility index (Phi) is 3.77. The summed E-state index contributed by atoms with van der Waals surface area (Å²) in [5, 5.41) is 4.90. The van der Waals surface area contributed by atoms with Crippen molar-refractivity contribution in [1.29, 1.82) is 0 Å². The van der Waals surface area contributed by atoms with E-state index in [0.717, 1.165) is 16.3 Å². The van der Waals surface area contributed by atoms with Crippen molar-refractivity contribution in [2.75, 3.05) is 0 Å². The van der Waals surface area contributed by atoms with Gasteiger partial charge < -0.3 is 5.32 Å². The van der Waals surface area contributed by atoms with Gasteiger partial charge in [-0.05, 0) is 44.4 Å². The van der Waals surface area contributed by atoms with E-state index in [1.54, 1.807) is 11.3 Å². The van der Waals surface area contributed by atoms with E-state index in [-0.39, 0.29) is 11.9 Å². The monoisotopic (exact) mass is 260 g/mol. The van der Waals surface area contributed by atoms with Crippen LogP contribution in [0.3, 0.4) is 0 Å². The normalized spacial score (nSPS) is 10.7. The molecule has 1 amide bonds. The lowest BCUT2D eigenvalue weighted by atomic mass is 10.1. The summed E-state index contributed by atoms with van der Waals surface area (Å²) in [6, 6.07) is 7.90. The van der Waals surface area contributed by atoms with E-state index in [1.165, 1.54) is 0 Å². The van der Waals surface area contributed by atoms with Crippen LogP contribution in [0.5, 0.6) is 0 Å². The molecule has 0 aliphatic carbocycles. The summed E-state index contributed by atoms with van der Waals surface area (Å²) in [4.78, 5) is 17.5. The van der Waals surface area contributed by atoms with E-state index in [4.69, 9.17) is 0 Å². The molecule has 2 heterocycles. The molecule has 0 saturated carbocycles. The number of amides is 1. The first-order valence-electron chi connectivity index (χ1n) is 5.90. The fourth-order valence-corrected chi connectivity index (χ4v) is 2.40. The average molecular weight is 260 g/mol. The second-order valence-electron chi connectivity index (χ2n) is 4.43. The van der Waals surface area contributed by atoms with Crippen molar-refractivity contribution in [2.24, 2.45) is 0 Å². The van der Waals surface area contributed by atoms with Crippen molar-refractivity contribution in [3.05, 3.63) is 40.9 Å². The molecule has 3 nitrogen and oxygen atoms in total. The minimum Gasteiger partial charge on any atom is -0.350 e. The highest BCUT2D eigenvalue weighted by molar-refractivity contribution is 7.13. The second-order valence-corrected chi connectivity index (χ2v) is 5.38. The molecule has 0 unspecified atom stereocenters. The number of hydrogen-bond acceptors (Lipinski definition) is 3. The first-order chi connectivity index (χ1) is 8.58. The fourth-order valence-electron chi connectivity index (χ4n) is 1.70. The number of nitrogens with one attached hydrogen (secondary N) is 1. The van der Waals surface area contributed by atoms with Crippen molar-refractivity contribution in [1.82, 2.24) is 10.3 Å². The molecule has 1 N–H and O–H groups in total. The summed E-state index contributed by atoms with van der Waals surface area (Å²) in [5.41, 5.74) is 2.33. The Balaban J connectivity index is 2.28. The van der Waals surface area contributed by atoms with Gasteiger partial charge in [-0.2, -0.15) is 0 Å². The fraction of sp³-hybridized carbons (Fsp3) is 0.286. The number of hydrogen-bond donors (Lipinski definition) is 1. The van der Waals surface area contributed by atoms with E-state index in [1.807, 2.05) is 50.4 Å². The van der Waals surface area contributed by atoms with Gasteiger partial charge in [-0.3, -0.25) is 9.78 Å². The van der Waals surface area contributed by atoms with Crippen LogP contribution in [-0.4, -0.2) is 16.9 Å². The van der Waals surface area contributed by atoms with Crippen molar-refractivity contribution in [3.8, 4) is 10.6 Å². The third-order valence-corrected chi connectivity index (χ3v) is 3.42. The Morgan fingerprint density at radius 3 is 2.67 bits per heavy atom. The Morgan fingerprint density at radius 1 is 1.33 bits per heavy atom. The highest BCUT2D eigenvalue weighted by atomic mass is 32.1. The summed E-state index contributed by atoms with van der Waals surface area (Å²) in [5.74, 6) is -0.0623. The maximum atomic E-state index is 11.9. The van der Waals surface area contributed by atoms with E-state index < -0.39 is 0 Å². The molecule has 2 rings (SSSR count). The Bertz CT molecular complexity index is 547. The predicted molar refractivity (Wildman–Crippen MR) is 74.9 cm³/mol. The van der Waals surface area contributed by atoms with Crippen LogP contribution in [0.2, 0.25) is 0 Å². The van der Waals surface area contributed by atoms with Crippen LogP contribution in [0.4, 0.5) is 0 Å². The molecule has 94 valence electrons. The zero-order valence-electron chi connectivity index (χ0n) is 10.7. The van der Waals surface area contributed by atoms with Crippen LogP contribution >= 0.6 is 11.3 Å². The summed E-state index contributed by atoms with van der Waals surface area (Å²) in [6.07, 6.45) is 0. The highest BCUT2D eigenvalue weighted by Gasteiger charge is 2.12. The second kappa shape index (κ2) is 5.31. The van der Waals surface area contributed by atoms with Gasteiger partial charge in [-0.15, -0.1) is 11.3 Å². The van der Waals surface area contributed by atoms with Gasteiger partial charge in [0.25, 0.3) is 5.91 Å². The first-order valence-corrected chi connectivity index (χ1v) is 6.78. The Hall–Kier alpha value is -1.68. The number of nitrogens with zero attached hydrogens (tertiary/aromatic N) is 1. The van der Waals surface area contributed by atoms with Gasteiger partial charge in [0.1, 0.15) is 0 Å². The Morgan fingerprint density at radius 2 is 2.11 bits per heavy atom. The first kappa shape index (κ1) is 12.8. The lowest BCUT2D eigenvalue weighted by molar-refractivity contribution is 0.0942. The van der Waals surface area contributed by atoms with Gasteiger partial charge in [-0.1, -0.05) is 6.07 Å². The summed E-state index contributed by atoms with van der Waals surface area (Å²) in [7, 11) is 0. The molecule has 0 atom stereocenters. The number of carbonyl (C=O) groups is 1. The maximum Gasteiger partial charge on any atom is 0.253 e. The molecule has 2 aromatic rings. The topological polar surface area (TPSA) is 42.0 Å². The molecule has 0 aliphatic rings. The molecule has 0 aliphatic heterocycles. The van der Waals surface area contributed by atoms with E-state index >= 15 is 0 Å². The SMILES string of the molecule is Cc1nc(-c2cccs2)ccc1C(=O)NC(C)C. The average Bonchev–Trinajstić information content (AvgIpc) is 2.80. The van der Waals surface area contributed by atoms with E-state index in [2.05, 4.69) is 10.3 Å². The van der Waals surface area contributed by atoms with Crippen LogP contribution in [0.15, 0.2) is 29.6 Å². The van der Waals surface area contributed by atoms with Crippen molar-refractivity contribution in [2.45, 2.75) is 26.8 Å². The predicted octanol–water partition coefficient (Wildman–Crippen LogP) is 3.26. The van der Waals surface area contributed by atoms with E-state index in [0.29, 0.717) is 5.56 Å². The van der Waals surface area contributed by atoms with Crippen LogP contribution in [0.1, 0.15) is 29.9 Å². The van der Waals surface area contributed by atoms with Crippen LogP contribution < -0.4 is 5.32 Å². The van der Waals surface area contributed by atoms with E-state index in [9.17, 15) is 4.79 Å². The minimum atomic E-state index is -0.0623. The van der Waals surface area contributed by atoms with Gasteiger partial charge in [0.2, 0.25) is 0 Å². The van der Waals surface area contributed by atoms with Crippen LogP contribution in [0.25, 0.3) is 10.6 Å². The standard InChI is InChI=1S/C14H16N2OS/c1-9(2)15-14(17)11-6-7-12(16-10(11)3)13-5-4-8-18-13/h4-9H,1-3H3,(H,15,17). The molecule has 0 fully saturated rings. The van der Waals surface area contributed by atoms with Gasteiger partial charge in [0.05, 0.1) is 21.8 Å². The molecule has 0 spiro atoms. The Labute approximate surface area is 111 Å². The summed E-state index contributed by atoms with van der Waals surface area (Å²) in [6.45, 7) is 5.76. The zero-order chi connectivity index (χ0) is 13.1. The molecule has 0 saturated heterocycles. The lowest BCUT2D eigenvalue weighted by Crippen LogP contribution is -2.30. The summed E-state index contributed by atoms with van der Waals surface area (Å²) < 4.78 is 0. The number of thiophene rings is 1. The van der Waals surface area contributed by atoms with Crippen molar-refractivity contribution >= 4 is 17.2 Å². The van der Waals surface area contributed by atoms with Crippen LogP contribution in [-0.2, 0) is 0 Å². The van der Waals surface area contributed by atoms with Crippen molar-refractivity contribution < 1.29 is 4.79 Å². The molecule has 0 bridgehead atoms. The quantitative estimate of drug-likeness (QED) is 0.920. The molecule has 4 heteroatoms. The number of carbonyl (C=O) groups excluding carboxylic acids is 1.